The lowest BCUT2D eigenvalue weighted by Crippen LogP contribution is -2.38. The molecule has 11 N–H and O–H groups in total. The molecule has 6 aromatic rings. The van der Waals surface area contributed by atoms with Gasteiger partial charge < -0.3 is 77.2 Å². The zero-order valence-electron chi connectivity index (χ0n) is 52.0. The predicted molar refractivity (Wildman–Crippen MR) is 377 cm³/mol. The molecule has 3 aromatic heterocycles. The Kier molecular flexibility index (Phi) is 26.0. The number of aromatic nitrogens is 6. The number of ether oxygens (including phenoxy) is 4. The number of nitrogens with two attached hydrogens (primary N) is 3. The summed E-state index contributed by atoms with van der Waals surface area (Å²) in [4.78, 5) is 70.8. The first-order valence-corrected chi connectivity index (χ1v) is 35.5. The molecule has 14 rings (SSSR count). The SMILES string of the molecule is C1COCCN1.ClCCBr.Nc1nc2c(c(-c3c(Cl)cc(Cl)cc3OCCCl)n1)CN(C(=O)NC1CC1)C2.Nc1nc2c(c(-c3c(Cl)cc(Cl)cc3OCCN3CCOCC3)n1)CN(C(=O)NC1CC1)C2.Nc1nc2c(c(-c3c(O)cc(Cl)cc3Cl)n1)CN(C(=O)NC1CC1)C2. The summed E-state index contributed by atoms with van der Waals surface area (Å²) < 4.78 is 22.3. The highest BCUT2D eigenvalue weighted by Gasteiger charge is 2.37. The molecule has 3 aromatic carbocycles. The molecule has 34 heteroatoms. The molecule has 0 atom stereocenters. The average molecular weight is 1550 g/mol. The van der Waals surface area contributed by atoms with Gasteiger partial charge in [0.15, 0.2) is 0 Å². The van der Waals surface area contributed by atoms with Crippen molar-refractivity contribution in [3.05, 3.63) is 100 Å². The Bertz CT molecular complexity index is 3740. The molecule has 0 radical (unpaired) electrons. The number of rotatable bonds is 14. The number of aromatic hydroxyl groups is 1. The van der Waals surface area contributed by atoms with Crippen LogP contribution in [0.2, 0.25) is 30.1 Å². The predicted octanol–water partition coefficient (Wildman–Crippen LogP) is 10.9. The van der Waals surface area contributed by atoms with E-state index in [4.69, 9.17) is 129 Å². The Balaban J connectivity index is 0.000000147. The van der Waals surface area contributed by atoms with E-state index in [1.807, 2.05) is 0 Å². The normalized spacial score (nSPS) is 16.8. The molecular weight excluding hydrogens is 1470 g/mol. The molecule has 0 unspecified atom stereocenters. The molecule has 516 valence electrons. The van der Waals surface area contributed by atoms with Gasteiger partial charge in [-0.3, -0.25) is 4.90 Å². The third-order valence-corrected chi connectivity index (χ3v) is 18.5. The molecule has 25 nitrogen and oxygen atoms in total. The van der Waals surface area contributed by atoms with Crippen molar-refractivity contribution in [2.24, 2.45) is 0 Å². The molecule has 8 aliphatic rings. The van der Waals surface area contributed by atoms with E-state index in [0.29, 0.717) is 145 Å². The Morgan fingerprint density at radius 2 is 0.896 bits per heavy atom. The minimum absolute atomic E-state index is 0.0589. The van der Waals surface area contributed by atoms with E-state index in [2.05, 4.69) is 72.0 Å². The van der Waals surface area contributed by atoms with Crippen LogP contribution in [-0.4, -0.2) is 180 Å². The van der Waals surface area contributed by atoms with Crippen LogP contribution in [0.25, 0.3) is 33.8 Å². The van der Waals surface area contributed by atoms with Gasteiger partial charge in [0.1, 0.15) is 30.5 Å². The Labute approximate surface area is 603 Å². The van der Waals surface area contributed by atoms with Gasteiger partial charge in [-0.25, -0.2) is 44.3 Å². The van der Waals surface area contributed by atoms with Crippen molar-refractivity contribution in [3.63, 3.8) is 0 Å². The highest BCUT2D eigenvalue weighted by atomic mass is 79.9. The molecule has 3 saturated carbocycles. The van der Waals surface area contributed by atoms with E-state index in [9.17, 15) is 19.5 Å². The van der Waals surface area contributed by atoms with Crippen molar-refractivity contribution in [2.75, 3.05) is 107 Å². The number of nitrogens with one attached hydrogen (secondary N) is 4. The number of nitrogen functional groups attached to an aromatic ring is 3. The first-order chi connectivity index (χ1) is 46.3. The molecule has 5 fully saturated rings. The fourth-order valence-electron chi connectivity index (χ4n) is 10.7. The van der Waals surface area contributed by atoms with Crippen molar-refractivity contribution in [3.8, 4) is 51.0 Å². The molecule has 3 aliphatic carbocycles. The topological polar surface area (TPSA) is 325 Å². The van der Waals surface area contributed by atoms with Gasteiger partial charge in [-0.05, 0) is 74.9 Å². The minimum Gasteiger partial charge on any atom is -0.507 e. The lowest BCUT2D eigenvalue weighted by molar-refractivity contribution is 0.0323. The summed E-state index contributed by atoms with van der Waals surface area (Å²) in [5, 5.41) is 25.6. The van der Waals surface area contributed by atoms with Gasteiger partial charge in [0.25, 0.3) is 0 Å². The maximum Gasteiger partial charge on any atom is 0.318 e. The van der Waals surface area contributed by atoms with E-state index in [1.165, 1.54) is 12.1 Å². The van der Waals surface area contributed by atoms with Crippen LogP contribution < -0.4 is 47.9 Å². The molecule has 6 amide bonds. The Hall–Kier alpha value is -5.85. The number of alkyl halides is 3. The van der Waals surface area contributed by atoms with Gasteiger partial charge in [0.2, 0.25) is 17.8 Å². The van der Waals surface area contributed by atoms with Crippen LogP contribution in [0.5, 0.6) is 17.2 Å². The maximum absolute atomic E-state index is 12.6. The summed E-state index contributed by atoms with van der Waals surface area (Å²) in [6.45, 7) is 10.6. The van der Waals surface area contributed by atoms with E-state index < -0.39 is 0 Å². The largest absolute Gasteiger partial charge is 0.507 e. The summed E-state index contributed by atoms with van der Waals surface area (Å²) in [5.74, 6) is 2.19. The lowest BCUT2D eigenvalue weighted by atomic mass is 10.0. The quantitative estimate of drug-likeness (QED) is 0.0470. The molecule has 5 aliphatic heterocycles. The molecule has 0 bridgehead atoms. The molecule has 2 saturated heterocycles. The summed E-state index contributed by atoms with van der Waals surface area (Å²) in [5.41, 5.74) is 25.2. The second-order valence-electron chi connectivity index (χ2n) is 23.2. The fraction of sp³-hybridized carbons (Fsp3) is 0.468. The number of anilines is 3. The first-order valence-electron chi connectivity index (χ1n) is 31.1. The minimum atomic E-state index is -0.142. The van der Waals surface area contributed by atoms with Crippen molar-refractivity contribution >= 4 is 145 Å². The van der Waals surface area contributed by atoms with E-state index in [0.717, 1.165) is 120 Å². The number of carbonyl (C=O) groups excluding carboxylic acids is 3. The number of phenolic OH excluding ortho intramolecular Hbond substituents is 1. The highest BCUT2D eigenvalue weighted by molar-refractivity contribution is 9.09. The average Bonchev–Trinajstić information content (AvgIpc) is 1.44. The van der Waals surface area contributed by atoms with Gasteiger partial charge in [-0.1, -0.05) is 85.5 Å². The Morgan fingerprint density at radius 3 is 1.24 bits per heavy atom. The number of halogens is 9. The van der Waals surface area contributed by atoms with Crippen molar-refractivity contribution in [1.29, 1.82) is 0 Å². The summed E-state index contributed by atoms with van der Waals surface area (Å²) in [7, 11) is 0. The second-order valence-corrected chi connectivity index (χ2v) is 27.3. The van der Waals surface area contributed by atoms with Crippen LogP contribution in [0, 0.1) is 0 Å². The van der Waals surface area contributed by atoms with Crippen LogP contribution in [0.4, 0.5) is 32.2 Å². The Morgan fingerprint density at radius 1 is 0.531 bits per heavy atom. The summed E-state index contributed by atoms with van der Waals surface area (Å²) in [6, 6.07) is 10.0. The zero-order valence-corrected chi connectivity index (χ0v) is 59.6. The first kappa shape index (κ1) is 72.9. The number of fused-ring (bicyclic) bond motifs is 3. The van der Waals surface area contributed by atoms with E-state index in [-0.39, 0.29) is 71.4 Å². The highest BCUT2D eigenvalue weighted by Crippen LogP contribution is 2.46. The maximum atomic E-state index is 12.6. The third kappa shape index (κ3) is 19.7. The number of carbonyl (C=O) groups is 3. The summed E-state index contributed by atoms with van der Waals surface area (Å²) in [6.07, 6.45) is 6.11. The zero-order chi connectivity index (χ0) is 68.2. The van der Waals surface area contributed by atoms with Crippen molar-refractivity contribution < 1.29 is 38.4 Å². The van der Waals surface area contributed by atoms with Crippen molar-refractivity contribution in [1.82, 2.24) is 70.8 Å². The van der Waals surface area contributed by atoms with Crippen molar-refractivity contribution in [2.45, 2.75) is 95.9 Å². The number of phenols is 1. The number of hydrogen-bond donors (Lipinski definition) is 8. The fourth-order valence-corrected chi connectivity index (χ4v) is 12.5. The smallest absolute Gasteiger partial charge is 0.318 e. The monoisotopic (exact) mass is 1540 g/mol. The molecular formula is C62H72BrCl8N17O8. The van der Waals surface area contributed by atoms with E-state index in [1.54, 1.807) is 39.0 Å². The molecule has 8 heterocycles. The van der Waals surface area contributed by atoms with Gasteiger partial charge in [-0.15, -0.1) is 23.2 Å². The van der Waals surface area contributed by atoms with Crippen LogP contribution in [-0.2, 0) is 48.7 Å². The van der Waals surface area contributed by atoms with Crippen LogP contribution in [0.3, 0.4) is 0 Å². The van der Waals surface area contributed by atoms with Crippen LogP contribution >= 0.6 is 109 Å². The van der Waals surface area contributed by atoms with Gasteiger partial charge in [-0.2, -0.15) is 0 Å². The van der Waals surface area contributed by atoms with Gasteiger partial charge in [0, 0.05) is 93.8 Å². The number of benzene rings is 3. The number of nitrogens with zero attached hydrogens (tertiary/aromatic N) is 10. The number of urea groups is 3. The number of hydrogen-bond acceptors (Lipinski definition) is 19. The second kappa shape index (κ2) is 34.3. The summed E-state index contributed by atoms with van der Waals surface area (Å²) >= 11 is 51.8. The lowest BCUT2D eigenvalue weighted by Gasteiger charge is -2.26. The molecule has 0 spiro atoms. The van der Waals surface area contributed by atoms with Crippen LogP contribution in [0.1, 0.15) is 72.3 Å². The van der Waals surface area contributed by atoms with Gasteiger partial charge in [0.05, 0.1) is 137 Å². The van der Waals surface area contributed by atoms with Gasteiger partial charge >= 0.3 is 18.1 Å². The molecule has 96 heavy (non-hydrogen) atoms. The number of morpholine rings is 2. The van der Waals surface area contributed by atoms with Crippen LogP contribution in [0.15, 0.2) is 36.4 Å². The van der Waals surface area contributed by atoms with E-state index >= 15 is 0 Å². The number of amides is 6. The standard InChI is InChI=1S/C22H26Cl2N6O3.C18H18Cl3N5O2.C16H15Cl2N5O2.C4H9NO.C2H4BrCl/c23-13-9-16(24)19(18(10-13)33-8-5-29-3-6-32-7-4-29)20-15-11-30(22(31)26-14-1-2-14)12-17(15)27-21(25)28-20;19-3-4-28-14-6-9(20)5-12(21)15(14)16-11-7-26(18(27)23-10-1-2-10)8-13(11)24-17(22)25-16;17-7-3-10(18)13(12(24)4-7)14-9-5-23(16(25)20-8-1-2-8)6-11(9)21-15(19)22-14;1-3-6-4-2-5-1;3-1-2-4/h9-10,14H,1-8,11-12H2,(H,26,31)(H2,25,27,28);5-6,10H,1-4,7-8H2,(H,23,27)(H2,22,24,25);3-4,8,24H,1-2,5-6H2,(H,20,25)(H2,19,21,22);5H,1-4H2;1-2H2. The third-order valence-electron chi connectivity index (χ3n) is 15.8.